The molecule has 0 fully saturated rings. The van der Waals surface area contributed by atoms with Gasteiger partial charge in [0.15, 0.2) is 0 Å². The smallest absolute Gasteiger partial charge is 0.259 e. The molecule has 0 heterocycles. The predicted molar refractivity (Wildman–Crippen MR) is 95.4 cm³/mol. The highest BCUT2D eigenvalue weighted by atomic mass is 32.2. The van der Waals surface area contributed by atoms with Crippen molar-refractivity contribution in [2.24, 2.45) is 0 Å². The van der Waals surface area contributed by atoms with Gasteiger partial charge in [0, 0.05) is 10.6 Å². The molecule has 0 unspecified atom stereocenters. The largest absolute Gasteiger partial charge is 0.496 e. The van der Waals surface area contributed by atoms with E-state index in [4.69, 9.17) is 4.74 Å². The Morgan fingerprint density at radius 1 is 1.12 bits per heavy atom. The first-order valence-electron chi connectivity index (χ1n) is 6.98. The summed E-state index contributed by atoms with van der Waals surface area (Å²) in [6.07, 6.45) is 1.94. The minimum atomic E-state index is -3.50. The van der Waals surface area contributed by atoms with Crippen molar-refractivity contribution in [1.82, 2.24) is 4.72 Å². The Morgan fingerprint density at radius 3 is 2.33 bits per heavy atom. The average molecular weight is 366 g/mol. The van der Waals surface area contributed by atoms with Crippen molar-refractivity contribution in [1.29, 1.82) is 0 Å². The van der Waals surface area contributed by atoms with Crippen LogP contribution in [0.15, 0.2) is 52.3 Å². The van der Waals surface area contributed by atoms with Crippen LogP contribution in [0.2, 0.25) is 0 Å². The summed E-state index contributed by atoms with van der Waals surface area (Å²) < 4.78 is 30.9. The molecule has 0 atom stereocenters. The molecule has 1 amide bonds. The van der Waals surface area contributed by atoms with Gasteiger partial charge in [0.25, 0.3) is 5.91 Å². The summed E-state index contributed by atoms with van der Waals surface area (Å²) in [6, 6.07) is 11.2. The molecule has 8 heteroatoms. The van der Waals surface area contributed by atoms with E-state index in [1.54, 1.807) is 23.9 Å². The van der Waals surface area contributed by atoms with Crippen LogP contribution in [0.25, 0.3) is 0 Å². The van der Waals surface area contributed by atoms with Gasteiger partial charge in [-0.15, -0.1) is 11.8 Å². The van der Waals surface area contributed by atoms with E-state index in [1.807, 2.05) is 12.3 Å². The zero-order valence-corrected chi connectivity index (χ0v) is 15.1. The van der Waals surface area contributed by atoms with Crippen LogP contribution in [0.3, 0.4) is 0 Å². The first-order chi connectivity index (χ1) is 11.4. The normalized spacial score (nSPS) is 11.1. The number of hydrogen-bond donors (Lipinski definition) is 2. The Hall–Kier alpha value is -2.03. The standard InChI is InChI=1S/C16H18N2O4S2/c1-17-24(20,21)13-7-4-11(5-8-13)18-16(19)14-9-6-12(23-3)10-15(14)22-2/h4-10,17H,1-3H3,(H,18,19). The van der Waals surface area contributed by atoms with E-state index in [0.717, 1.165) is 4.90 Å². The Morgan fingerprint density at radius 2 is 1.79 bits per heavy atom. The van der Waals surface area contributed by atoms with Crippen LogP contribution < -0.4 is 14.8 Å². The van der Waals surface area contributed by atoms with Crippen LogP contribution in [0.5, 0.6) is 5.75 Å². The fourth-order valence-corrected chi connectivity index (χ4v) is 3.18. The van der Waals surface area contributed by atoms with E-state index >= 15 is 0 Å². The van der Waals surface area contributed by atoms with Crippen LogP contribution >= 0.6 is 11.8 Å². The fourth-order valence-electron chi connectivity index (χ4n) is 2.02. The molecule has 0 saturated heterocycles. The molecule has 6 nitrogen and oxygen atoms in total. The summed E-state index contributed by atoms with van der Waals surface area (Å²) in [4.78, 5) is 13.5. The zero-order valence-electron chi connectivity index (χ0n) is 13.5. The summed E-state index contributed by atoms with van der Waals surface area (Å²) in [7, 11) is -0.649. The third-order valence-electron chi connectivity index (χ3n) is 3.34. The Balaban J connectivity index is 2.21. The van der Waals surface area contributed by atoms with Gasteiger partial charge in [0.05, 0.1) is 17.6 Å². The summed E-state index contributed by atoms with van der Waals surface area (Å²) in [5.74, 6) is 0.150. The SMILES string of the molecule is CNS(=O)(=O)c1ccc(NC(=O)c2ccc(SC)cc2OC)cc1. The summed E-state index contributed by atoms with van der Waals surface area (Å²) in [5.41, 5.74) is 0.897. The second-order valence-electron chi connectivity index (χ2n) is 4.75. The Bertz CT molecular complexity index is 834. The molecule has 2 aromatic rings. The zero-order chi connectivity index (χ0) is 17.7. The van der Waals surface area contributed by atoms with Gasteiger partial charge in [-0.2, -0.15) is 0 Å². The predicted octanol–water partition coefficient (Wildman–Crippen LogP) is 2.58. The Kier molecular flexibility index (Phi) is 5.87. The van der Waals surface area contributed by atoms with Crippen LogP contribution in [0.1, 0.15) is 10.4 Å². The second kappa shape index (κ2) is 7.69. The minimum absolute atomic E-state index is 0.130. The van der Waals surface area contributed by atoms with Crippen molar-refractivity contribution in [3.8, 4) is 5.75 Å². The van der Waals surface area contributed by atoms with Crippen molar-refractivity contribution in [2.45, 2.75) is 9.79 Å². The van der Waals surface area contributed by atoms with E-state index in [-0.39, 0.29) is 10.8 Å². The van der Waals surface area contributed by atoms with Gasteiger partial charge in [-0.3, -0.25) is 4.79 Å². The summed E-state index contributed by atoms with van der Waals surface area (Å²) in [6.45, 7) is 0. The summed E-state index contributed by atoms with van der Waals surface area (Å²) in [5, 5.41) is 2.73. The molecule has 0 aliphatic rings. The van der Waals surface area contributed by atoms with Gasteiger partial charge >= 0.3 is 0 Å². The molecule has 0 aliphatic carbocycles. The van der Waals surface area contributed by atoms with E-state index in [0.29, 0.717) is 17.0 Å². The van der Waals surface area contributed by atoms with E-state index < -0.39 is 10.0 Å². The highest BCUT2D eigenvalue weighted by Crippen LogP contribution is 2.26. The van der Waals surface area contributed by atoms with Crippen molar-refractivity contribution in [3.05, 3.63) is 48.0 Å². The molecule has 2 N–H and O–H groups in total. The number of benzene rings is 2. The quantitative estimate of drug-likeness (QED) is 0.768. The van der Waals surface area contributed by atoms with Crippen LogP contribution in [-0.2, 0) is 10.0 Å². The lowest BCUT2D eigenvalue weighted by molar-refractivity contribution is 0.102. The molecule has 0 saturated carbocycles. The fraction of sp³-hybridized carbons (Fsp3) is 0.188. The second-order valence-corrected chi connectivity index (χ2v) is 7.52. The molecule has 128 valence electrons. The molecule has 0 spiro atoms. The molecular formula is C16H18N2O4S2. The van der Waals surface area contributed by atoms with Crippen LogP contribution in [0, 0.1) is 0 Å². The lowest BCUT2D eigenvalue weighted by Gasteiger charge is -2.11. The molecular weight excluding hydrogens is 348 g/mol. The van der Waals surface area contributed by atoms with Crippen molar-refractivity contribution in [2.75, 3.05) is 25.7 Å². The number of carbonyl (C=O) groups is 1. The number of rotatable bonds is 6. The topological polar surface area (TPSA) is 84.5 Å². The average Bonchev–Trinajstić information content (AvgIpc) is 2.61. The van der Waals surface area contributed by atoms with Gasteiger partial charge in [-0.05, 0) is 55.8 Å². The molecule has 0 aliphatic heterocycles. The maximum atomic E-state index is 12.4. The molecule has 0 aromatic heterocycles. The highest BCUT2D eigenvalue weighted by molar-refractivity contribution is 7.98. The third kappa shape index (κ3) is 4.08. The first kappa shape index (κ1) is 18.3. The highest BCUT2D eigenvalue weighted by Gasteiger charge is 2.14. The number of anilines is 1. The van der Waals surface area contributed by atoms with E-state index in [2.05, 4.69) is 10.0 Å². The van der Waals surface area contributed by atoms with Crippen LogP contribution in [0.4, 0.5) is 5.69 Å². The molecule has 24 heavy (non-hydrogen) atoms. The molecule has 2 rings (SSSR count). The van der Waals surface area contributed by atoms with E-state index in [1.165, 1.54) is 38.4 Å². The maximum absolute atomic E-state index is 12.4. The number of amides is 1. The molecule has 0 radical (unpaired) electrons. The van der Waals surface area contributed by atoms with Gasteiger partial charge < -0.3 is 10.1 Å². The van der Waals surface area contributed by atoms with Crippen molar-refractivity contribution in [3.63, 3.8) is 0 Å². The number of methoxy groups -OCH3 is 1. The van der Waals surface area contributed by atoms with Gasteiger partial charge in [0.2, 0.25) is 10.0 Å². The molecule has 0 bridgehead atoms. The first-order valence-corrected chi connectivity index (χ1v) is 9.69. The monoisotopic (exact) mass is 366 g/mol. The van der Waals surface area contributed by atoms with Gasteiger partial charge in [-0.25, -0.2) is 13.1 Å². The maximum Gasteiger partial charge on any atom is 0.259 e. The number of hydrogen-bond acceptors (Lipinski definition) is 5. The molecule has 2 aromatic carbocycles. The lowest BCUT2D eigenvalue weighted by Crippen LogP contribution is -2.18. The number of thioether (sulfide) groups is 1. The number of nitrogens with one attached hydrogen (secondary N) is 2. The Labute approximate surface area is 145 Å². The third-order valence-corrected chi connectivity index (χ3v) is 5.50. The van der Waals surface area contributed by atoms with Gasteiger partial charge in [0.1, 0.15) is 5.75 Å². The number of sulfonamides is 1. The minimum Gasteiger partial charge on any atom is -0.496 e. The summed E-state index contributed by atoms with van der Waals surface area (Å²) >= 11 is 1.55. The number of ether oxygens (including phenoxy) is 1. The van der Waals surface area contributed by atoms with E-state index in [9.17, 15) is 13.2 Å². The van der Waals surface area contributed by atoms with Crippen molar-refractivity contribution >= 4 is 33.4 Å². The lowest BCUT2D eigenvalue weighted by atomic mass is 10.2. The van der Waals surface area contributed by atoms with Crippen molar-refractivity contribution < 1.29 is 17.9 Å². The van der Waals surface area contributed by atoms with Gasteiger partial charge in [-0.1, -0.05) is 0 Å². The number of carbonyl (C=O) groups excluding carboxylic acids is 1. The van der Waals surface area contributed by atoms with Crippen LogP contribution in [-0.4, -0.2) is 34.7 Å².